The number of nitrogens with two attached hydrogens (primary N) is 2. The van der Waals surface area contributed by atoms with Crippen LogP contribution in [0.5, 0.6) is 0 Å². The molecule has 0 radical (unpaired) electrons. The quantitative estimate of drug-likeness (QED) is 0.132. The Balaban J connectivity index is 5.39. The number of amides is 3. The maximum absolute atomic E-state index is 13.1. The van der Waals surface area contributed by atoms with Crippen LogP contribution in [0.4, 0.5) is 0 Å². The van der Waals surface area contributed by atoms with Crippen molar-refractivity contribution < 1.29 is 24.3 Å². The number of rotatable bonds is 19. The van der Waals surface area contributed by atoms with Gasteiger partial charge in [-0.05, 0) is 62.2 Å². The molecule has 0 aliphatic heterocycles. The Kier molecular flexibility index (Phi) is 18.0. The van der Waals surface area contributed by atoms with Crippen LogP contribution in [0.3, 0.4) is 0 Å². The van der Waals surface area contributed by atoms with Crippen LogP contribution in [0.15, 0.2) is 0 Å². The number of carbonyl (C=O) groups is 4. The highest BCUT2D eigenvalue weighted by Crippen LogP contribution is 2.11. The largest absolute Gasteiger partial charge is 0.480 e. The Bertz CT molecular complexity index is 641. The van der Waals surface area contributed by atoms with E-state index < -0.39 is 47.9 Å². The molecule has 5 atom stereocenters. The molecule has 198 valence electrons. The standard InChI is InChI=1S/C22H43N5O5S2/c1-5-14(2)18(21(30)26-17(22(31)32)10-13-34-4)27-20(29)16(9-12-33-3)25-19(28)15(24)8-6-7-11-23/h14-18H,5-13,23-24H2,1-4H3,(H,25,28)(H,26,30)(H,27,29)(H,31,32). The summed E-state index contributed by atoms with van der Waals surface area (Å²) in [5.41, 5.74) is 11.4. The van der Waals surface area contributed by atoms with E-state index in [0.29, 0.717) is 43.7 Å². The number of carboxylic acids is 1. The van der Waals surface area contributed by atoms with Crippen LogP contribution in [0, 0.1) is 5.92 Å². The van der Waals surface area contributed by atoms with E-state index >= 15 is 0 Å². The van der Waals surface area contributed by atoms with Gasteiger partial charge in [0, 0.05) is 0 Å². The maximum Gasteiger partial charge on any atom is 0.326 e. The summed E-state index contributed by atoms with van der Waals surface area (Å²) < 4.78 is 0. The van der Waals surface area contributed by atoms with E-state index in [9.17, 15) is 24.3 Å². The van der Waals surface area contributed by atoms with Crippen molar-refractivity contribution in [2.45, 2.75) is 76.5 Å². The summed E-state index contributed by atoms with van der Waals surface area (Å²) in [5, 5.41) is 17.5. The Morgan fingerprint density at radius 2 is 1.41 bits per heavy atom. The molecular formula is C22H43N5O5S2. The number of carbonyl (C=O) groups excluding carboxylic acids is 3. The summed E-state index contributed by atoms with van der Waals surface area (Å²) >= 11 is 3.02. The predicted molar refractivity (Wildman–Crippen MR) is 140 cm³/mol. The van der Waals surface area contributed by atoms with E-state index in [2.05, 4.69) is 16.0 Å². The highest BCUT2D eigenvalue weighted by Gasteiger charge is 2.32. The number of hydrogen-bond acceptors (Lipinski definition) is 8. The second-order valence-electron chi connectivity index (χ2n) is 8.29. The fourth-order valence-electron chi connectivity index (χ4n) is 3.13. The van der Waals surface area contributed by atoms with Gasteiger partial charge in [0.15, 0.2) is 0 Å². The van der Waals surface area contributed by atoms with Crippen LogP contribution in [0.1, 0.15) is 52.4 Å². The van der Waals surface area contributed by atoms with Gasteiger partial charge in [0.1, 0.15) is 18.1 Å². The molecule has 0 bridgehead atoms. The van der Waals surface area contributed by atoms with Crippen molar-refractivity contribution in [2.24, 2.45) is 17.4 Å². The molecule has 5 unspecified atom stereocenters. The maximum atomic E-state index is 13.1. The minimum atomic E-state index is -1.12. The third kappa shape index (κ3) is 12.8. The van der Waals surface area contributed by atoms with Gasteiger partial charge in [0.05, 0.1) is 6.04 Å². The zero-order valence-electron chi connectivity index (χ0n) is 20.8. The van der Waals surface area contributed by atoms with Gasteiger partial charge in [0.2, 0.25) is 17.7 Å². The third-order valence-corrected chi connectivity index (χ3v) is 6.86. The first-order valence-corrected chi connectivity index (χ1v) is 14.5. The van der Waals surface area contributed by atoms with E-state index in [4.69, 9.17) is 11.5 Å². The fraction of sp³-hybridized carbons (Fsp3) is 0.818. The zero-order chi connectivity index (χ0) is 26.1. The van der Waals surface area contributed by atoms with Crippen LogP contribution >= 0.6 is 23.5 Å². The molecule has 12 heteroatoms. The van der Waals surface area contributed by atoms with Gasteiger partial charge in [-0.2, -0.15) is 23.5 Å². The molecule has 0 aromatic heterocycles. The smallest absolute Gasteiger partial charge is 0.326 e. The highest BCUT2D eigenvalue weighted by atomic mass is 32.2. The number of carboxylic acid groups (broad SMARTS) is 1. The summed E-state index contributed by atoms with van der Waals surface area (Å²) in [6.07, 6.45) is 6.93. The SMILES string of the molecule is CCC(C)C(NC(=O)C(CCSC)NC(=O)C(N)CCCCN)C(=O)NC(CCSC)C(=O)O. The fourth-order valence-corrected chi connectivity index (χ4v) is 4.08. The number of hydrogen-bond donors (Lipinski definition) is 6. The van der Waals surface area contributed by atoms with Gasteiger partial charge in [-0.3, -0.25) is 14.4 Å². The van der Waals surface area contributed by atoms with E-state index in [1.54, 1.807) is 0 Å². The van der Waals surface area contributed by atoms with E-state index in [1.165, 1.54) is 23.5 Å². The van der Waals surface area contributed by atoms with Crippen LogP contribution in [-0.4, -0.2) is 83.5 Å². The average molecular weight is 522 g/mol. The van der Waals surface area contributed by atoms with Gasteiger partial charge in [-0.25, -0.2) is 4.79 Å². The summed E-state index contributed by atoms with van der Waals surface area (Å²) in [5.74, 6) is -1.63. The molecule has 0 fully saturated rings. The summed E-state index contributed by atoms with van der Waals surface area (Å²) in [7, 11) is 0. The third-order valence-electron chi connectivity index (χ3n) is 5.57. The van der Waals surface area contributed by atoms with Gasteiger partial charge >= 0.3 is 5.97 Å². The molecule has 0 aromatic rings. The van der Waals surface area contributed by atoms with E-state index in [-0.39, 0.29) is 12.3 Å². The van der Waals surface area contributed by atoms with Gasteiger partial charge < -0.3 is 32.5 Å². The molecule has 34 heavy (non-hydrogen) atoms. The summed E-state index contributed by atoms with van der Waals surface area (Å²) in [6.45, 7) is 4.21. The Morgan fingerprint density at radius 1 is 0.853 bits per heavy atom. The molecule has 0 aromatic carbocycles. The molecule has 0 aliphatic rings. The van der Waals surface area contributed by atoms with Crippen molar-refractivity contribution in [3.05, 3.63) is 0 Å². The topological polar surface area (TPSA) is 177 Å². The highest BCUT2D eigenvalue weighted by molar-refractivity contribution is 7.98. The van der Waals surface area contributed by atoms with Crippen LogP contribution in [-0.2, 0) is 19.2 Å². The molecule has 0 aliphatic carbocycles. The number of unbranched alkanes of at least 4 members (excludes halogenated alkanes) is 1. The number of thioether (sulfide) groups is 2. The van der Waals surface area contributed by atoms with Crippen molar-refractivity contribution in [2.75, 3.05) is 30.6 Å². The summed E-state index contributed by atoms with van der Waals surface area (Å²) in [6, 6.07) is -3.58. The molecule has 0 spiro atoms. The molecule has 8 N–H and O–H groups in total. The Labute approximate surface area is 211 Å². The lowest BCUT2D eigenvalue weighted by atomic mass is 9.97. The molecule has 0 saturated carbocycles. The lowest BCUT2D eigenvalue weighted by Gasteiger charge is -2.28. The van der Waals surface area contributed by atoms with Gasteiger partial charge in [-0.1, -0.05) is 26.7 Å². The Hall–Kier alpha value is -1.50. The predicted octanol–water partition coefficient (Wildman–Crippen LogP) is 0.534. The molecule has 10 nitrogen and oxygen atoms in total. The molecule has 0 saturated heterocycles. The zero-order valence-corrected chi connectivity index (χ0v) is 22.4. The van der Waals surface area contributed by atoms with Crippen molar-refractivity contribution in [1.82, 2.24) is 16.0 Å². The summed E-state index contributed by atoms with van der Waals surface area (Å²) in [4.78, 5) is 50.2. The Morgan fingerprint density at radius 3 is 1.91 bits per heavy atom. The molecular weight excluding hydrogens is 478 g/mol. The molecule has 0 heterocycles. The first kappa shape index (κ1) is 32.5. The first-order valence-electron chi connectivity index (χ1n) is 11.7. The van der Waals surface area contributed by atoms with Crippen molar-refractivity contribution in [3.8, 4) is 0 Å². The second kappa shape index (κ2) is 18.8. The number of nitrogens with one attached hydrogen (secondary N) is 3. The molecule has 3 amide bonds. The minimum absolute atomic E-state index is 0.241. The first-order chi connectivity index (χ1) is 16.1. The monoisotopic (exact) mass is 521 g/mol. The minimum Gasteiger partial charge on any atom is -0.480 e. The lowest BCUT2D eigenvalue weighted by molar-refractivity contribution is -0.142. The molecule has 0 rings (SSSR count). The number of aliphatic carboxylic acids is 1. The van der Waals surface area contributed by atoms with E-state index in [1.807, 2.05) is 26.4 Å². The van der Waals surface area contributed by atoms with Gasteiger partial charge in [-0.15, -0.1) is 0 Å². The normalized spacial score (nSPS) is 15.5. The van der Waals surface area contributed by atoms with Crippen LogP contribution < -0.4 is 27.4 Å². The van der Waals surface area contributed by atoms with Crippen molar-refractivity contribution in [1.29, 1.82) is 0 Å². The van der Waals surface area contributed by atoms with Gasteiger partial charge in [0.25, 0.3) is 0 Å². The van der Waals surface area contributed by atoms with Crippen LogP contribution in [0.25, 0.3) is 0 Å². The second-order valence-corrected chi connectivity index (χ2v) is 10.3. The van der Waals surface area contributed by atoms with E-state index in [0.717, 1.165) is 6.42 Å². The van der Waals surface area contributed by atoms with Crippen LogP contribution in [0.2, 0.25) is 0 Å². The average Bonchev–Trinajstić information content (AvgIpc) is 2.81. The van der Waals surface area contributed by atoms with Crippen molar-refractivity contribution in [3.63, 3.8) is 0 Å². The lowest BCUT2D eigenvalue weighted by Crippen LogP contribution is -2.58. The van der Waals surface area contributed by atoms with Crippen molar-refractivity contribution >= 4 is 47.2 Å².